The summed E-state index contributed by atoms with van der Waals surface area (Å²) in [7, 11) is 0. The lowest BCUT2D eigenvalue weighted by atomic mass is 10.1. The molecule has 1 aromatic heterocycles. The standard InChI is InChI=1S/C13H13NOS/c15-5-4-10-6-12(9-14-8-10)11-2-1-3-13(16)7-11/h1-3,6-9,15-16H,4-5H2. The maximum absolute atomic E-state index is 8.89. The predicted molar refractivity (Wildman–Crippen MR) is 67.7 cm³/mol. The monoisotopic (exact) mass is 231 g/mol. The second-order valence-electron chi connectivity index (χ2n) is 3.61. The van der Waals surface area contributed by atoms with Crippen molar-refractivity contribution in [1.29, 1.82) is 0 Å². The largest absolute Gasteiger partial charge is 0.396 e. The first-order valence-electron chi connectivity index (χ1n) is 5.14. The highest BCUT2D eigenvalue weighted by atomic mass is 32.1. The van der Waals surface area contributed by atoms with E-state index in [2.05, 4.69) is 17.6 Å². The van der Waals surface area contributed by atoms with Crippen LogP contribution in [0.3, 0.4) is 0 Å². The van der Waals surface area contributed by atoms with E-state index < -0.39 is 0 Å². The van der Waals surface area contributed by atoms with Crippen molar-refractivity contribution in [3.05, 3.63) is 48.3 Å². The van der Waals surface area contributed by atoms with Crippen molar-refractivity contribution in [1.82, 2.24) is 4.98 Å². The number of thiol groups is 1. The summed E-state index contributed by atoms with van der Waals surface area (Å²) in [6.45, 7) is 0.151. The van der Waals surface area contributed by atoms with Crippen LogP contribution in [0.2, 0.25) is 0 Å². The van der Waals surface area contributed by atoms with Crippen LogP contribution in [0.1, 0.15) is 5.56 Å². The van der Waals surface area contributed by atoms with Gasteiger partial charge in [-0.2, -0.15) is 0 Å². The second kappa shape index (κ2) is 5.14. The van der Waals surface area contributed by atoms with Crippen LogP contribution in [0.5, 0.6) is 0 Å². The highest BCUT2D eigenvalue weighted by Crippen LogP contribution is 2.21. The van der Waals surface area contributed by atoms with E-state index in [-0.39, 0.29) is 6.61 Å². The van der Waals surface area contributed by atoms with Crippen molar-refractivity contribution < 1.29 is 5.11 Å². The average molecular weight is 231 g/mol. The van der Waals surface area contributed by atoms with Gasteiger partial charge in [-0.05, 0) is 35.7 Å². The summed E-state index contributed by atoms with van der Waals surface area (Å²) >= 11 is 4.31. The minimum absolute atomic E-state index is 0.151. The molecule has 0 amide bonds. The van der Waals surface area contributed by atoms with Gasteiger partial charge in [0.2, 0.25) is 0 Å². The molecule has 0 saturated heterocycles. The number of pyridine rings is 1. The molecule has 0 aliphatic heterocycles. The van der Waals surface area contributed by atoms with Crippen molar-refractivity contribution in [2.75, 3.05) is 6.61 Å². The van der Waals surface area contributed by atoms with Crippen molar-refractivity contribution in [3.63, 3.8) is 0 Å². The quantitative estimate of drug-likeness (QED) is 0.796. The van der Waals surface area contributed by atoms with Crippen LogP contribution in [-0.2, 0) is 6.42 Å². The Hall–Kier alpha value is -1.32. The maximum Gasteiger partial charge on any atom is 0.0472 e. The molecule has 82 valence electrons. The molecule has 0 aliphatic rings. The van der Waals surface area contributed by atoms with Crippen molar-refractivity contribution in [3.8, 4) is 11.1 Å². The highest BCUT2D eigenvalue weighted by molar-refractivity contribution is 7.80. The Labute approximate surface area is 100 Å². The number of aliphatic hydroxyl groups excluding tert-OH is 1. The van der Waals surface area contributed by atoms with Crippen LogP contribution in [-0.4, -0.2) is 16.7 Å². The molecule has 3 heteroatoms. The molecule has 2 rings (SSSR count). The van der Waals surface area contributed by atoms with Crippen molar-refractivity contribution in [2.24, 2.45) is 0 Å². The smallest absolute Gasteiger partial charge is 0.0472 e. The Morgan fingerprint density at radius 2 is 2.00 bits per heavy atom. The molecule has 2 nitrogen and oxygen atoms in total. The van der Waals surface area contributed by atoms with Gasteiger partial charge in [0.1, 0.15) is 0 Å². The fourth-order valence-electron chi connectivity index (χ4n) is 1.60. The molecule has 16 heavy (non-hydrogen) atoms. The Balaban J connectivity index is 2.36. The van der Waals surface area contributed by atoms with Crippen molar-refractivity contribution in [2.45, 2.75) is 11.3 Å². The topological polar surface area (TPSA) is 33.1 Å². The molecule has 1 aromatic carbocycles. The lowest BCUT2D eigenvalue weighted by Gasteiger charge is -2.04. The van der Waals surface area contributed by atoms with E-state index in [1.165, 1.54) is 0 Å². The van der Waals surface area contributed by atoms with Gasteiger partial charge in [-0.15, -0.1) is 12.6 Å². The van der Waals surface area contributed by atoms with Gasteiger partial charge in [0, 0.05) is 29.5 Å². The van der Waals surface area contributed by atoms with Gasteiger partial charge in [0.15, 0.2) is 0 Å². The van der Waals surface area contributed by atoms with E-state index in [0.29, 0.717) is 6.42 Å². The van der Waals surface area contributed by atoms with E-state index in [1.54, 1.807) is 6.20 Å². The van der Waals surface area contributed by atoms with Gasteiger partial charge in [-0.3, -0.25) is 4.98 Å². The summed E-state index contributed by atoms with van der Waals surface area (Å²) in [5, 5.41) is 8.89. The number of aromatic nitrogens is 1. The minimum atomic E-state index is 0.151. The van der Waals surface area contributed by atoms with E-state index in [0.717, 1.165) is 21.6 Å². The third-order valence-electron chi connectivity index (χ3n) is 2.37. The lowest BCUT2D eigenvalue weighted by molar-refractivity contribution is 0.299. The average Bonchev–Trinajstić information content (AvgIpc) is 2.30. The second-order valence-corrected chi connectivity index (χ2v) is 4.12. The first-order chi connectivity index (χ1) is 7.79. The Morgan fingerprint density at radius 1 is 1.12 bits per heavy atom. The van der Waals surface area contributed by atoms with Gasteiger partial charge >= 0.3 is 0 Å². The Bertz CT molecular complexity index is 485. The normalized spacial score (nSPS) is 10.4. The molecule has 0 radical (unpaired) electrons. The third kappa shape index (κ3) is 2.62. The third-order valence-corrected chi connectivity index (χ3v) is 2.65. The zero-order valence-electron chi connectivity index (χ0n) is 8.80. The molecule has 0 aliphatic carbocycles. The first kappa shape index (κ1) is 11.2. The molecule has 2 aromatic rings. The maximum atomic E-state index is 8.89. The number of rotatable bonds is 3. The highest BCUT2D eigenvalue weighted by Gasteiger charge is 2.00. The van der Waals surface area contributed by atoms with Crippen LogP contribution >= 0.6 is 12.6 Å². The van der Waals surface area contributed by atoms with Crippen LogP contribution < -0.4 is 0 Å². The minimum Gasteiger partial charge on any atom is -0.396 e. The molecule has 0 spiro atoms. The fourth-order valence-corrected chi connectivity index (χ4v) is 1.82. The molecule has 0 saturated carbocycles. The number of hydrogen-bond acceptors (Lipinski definition) is 3. The van der Waals surface area contributed by atoms with Gasteiger partial charge in [0.05, 0.1) is 0 Å². The summed E-state index contributed by atoms with van der Waals surface area (Å²) in [6, 6.07) is 9.99. The number of aliphatic hydroxyl groups is 1. The van der Waals surface area contributed by atoms with Gasteiger partial charge in [0.25, 0.3) is 0 Å². The zero-order valence-corrected chi connectivity index (χ0v) is 9.69. The molecule has 0 fully saturated rings. The summed E-state index contributed by atoms with van der Waals surface area (Å²) in [6.07, 6.45) is 4.25. The molecular weight excluding hydrogens is 218 g/mol. The molecule has 0 atom stereocenters. The zero-order chi connectivity index (χ0) is 11.4. The van der Waals surface area contributed by atoms with E-state index in [9.17, 15) is 0 Å². The Morgan fingerprint density at radius 3 is 2.75 bits per heavy atom. The first-order valence-corrected chi connectivity index (χ1v) is 5.58. The van der Waals surface area contributed by atoms with Crippen LogP contribution in [0, 0.1) is 0 Å². The molecule has 1 N–H and O–H groups in total. The summed E-state index contributed by atoms with van der Waals surface area (Å²) in [5.74, 6) is 0. The fraction of sp³-hybridized carbons (Fsp3) is 0.154. The summed E-state index contributed by atoms with van der Waals surface area (Å²) < 4.78 is 0. The summed E-state index contributed by atoms with van der Waals surface area (Å²) in [4.78, 5) is 5.11. The molecule has 0 unspecified atom stereocenters. The Kier molecular flexibility index (Phi) is 3.59. The van der Waals surface area contributed by atoms with Gasteiger partial charge < -0.3 is 5.11 Å². The summed E-state index contributed by atoms with van der Waals surface area (Å²) in [5.41, 5.74) is 3.20. The van der Waals surface area contributed by atoms with Crippen LogP contribution in [0.25, 0.3) is 11.1 Å². The predicted octanol–water partition coefficient (Wildman–Crippen LogP) is 2.57. The number of hydrogen-bond donors (Lipinski definition) is 2. The molecular formula is C13H13NOS. The van der Waals surface area contributed by atoms with E-state index >= 15 is 0 Å². The van der Waals surface area contributed by atoms with Crippen LogP contribution in [0.4, 0.5) is 0 Å². The SMILES string of the molecule is OCCc1cncc(-c2cccc(S)c2)c1. The molecule has 0 bridgehead atoms. The van der Waals surface area contributed by atoms with Gasteiger partial charge in [-0.1, -0.05) is 12.1 Å². The van der Waals surface area contributed by atoms with Crippen molar-refractivity contribution >= 4 is 12.6 Å². The van der Waals surface area contributed by atoms with Gasteiger partial charge in [-0.25, -0.2) is 0 Å². The van der Waals surface area contributed by atoms with Crippen LogP contribution in [0.15, 0.2) is 47.6 Å². The van der Waals surface area contributed by atoms with E-state index in [4.69, 9.17) is 5.11 Å². The molecule has 1 heterocycles. The number of benzene rings is 1. The number of nitrogens with zero attached hydrogens (tertiary/aromatic N) is 1. The van der Waals surface area contributed by atoms with E-state index in [1.807, 2.05) is 36.5 Å². The lowest BCUT2D eigenvalue weighted by Crippen LogP contribution is -1.92.